The SMILES string of the molecule is CC1(C(=O)O[C@@H]2O[C@H](CO)[C@@H](O)[C@H](O)[C@H]2O)CCC[C@@]2(C)[C@H]1CC[C@@]13C=C(CO)[C@](O[C@@H]4O[C@H](CO)[C@@H](O)[C@H](O[C@@H]5O[C@H](CO)[C@@H](O)[C@H](O)[C@H]5O)[C@H]4O[C@@H]4O[C@H](CO)[C@@H](O)[C@H](O)[C@H]4O)(CC[C@@H]12)C3. The quantitative estimate of drug-likeness (QED) is 0.0464. The summed E-state index contributed by atoms with van der Waals surface area (Å²) in [5.74, 6) is -1.03. The molecule has 4 aliphatic heterocycles. The zero-order valence-electron chi connectivity index (χ0n) is 37.9. The van der Waals surface area contributed by atoms with Crippen LogP contribution in [0.15, 0.2) is 11.6 Å². The van der Waals surface area contributed by atoms with Gasteiger partial charge in [0.15, 0.2) is 18.9 Å². The van der Waals surface area contributed by atoms with E-state index in [9.17, 15) is 81.4 Å². The summed E-state index contributed by atoms with van der Waals surface area (Å²) in [5, 5.41) is 159. The van der Waals surface area contributed by atoms with Crippen molar-refractivity contribution in [3.8, 4) is 0 Å². The number of hydrogen-bond acceptors (Lipinski definition) is 24. The molecule has 24 nitrogen and oxygen atoms in total. The molecule has 26 atom stereocenters. The topological polar surface area (TPSA) is 394 Å². The zero-order chi connectivity index (χ0) is 49.4. The first kappa shape index (κ1) is 52.6. The van der Waals surface area contributed by atoms with E-state index in [2.05, 4.69) is 6.92 Å². The van der Waals surface area contributed by atoms with Gasteiger partial charge in [0.1, 0.15) is 97.7 Å². The maximum atomic E-state index is 14.3. The number of carbonyl (C=O) groups is 1. The van der Waals surface area contributed by atoms with Crippen LogP contribution in [-0.4, -0.2) is 244 Å². The van der Waals surface area contributed by atoms with Gasteiger partial charge in [0.05, 0.1) is 44.1 Å². The molecular weight excluding hydrogens is 912 g/mol. The van der Waals surface area contributed by atoms with Gasteiger partial charge >= 0.3 is 5.97 Å². The Labute approximate surface area is 391 Å². The predicted octanol–water partition coefficient (Wildman–Crippen LogP) is -6.14. The average molecular weight is 983 g/mol. The van der Waals surface area contributed by atoms with Crippen LogP contribution in [-0.2, 0) is 42.7 Å². The summed E-state index contributed by atoms with van der Waals surface area (Å²) < 4.78 is 48.1. The van der Waals surface area contributed by atoms with Crippen LogP contribution in [0.25, 0.3) is 0 Å². The van der Waals surface area contributed by atoms with Crippen LogP contribution < -0.4 is 0 Å². The first-order chi connectivity index (χ1) is 32.2. The van der Waals surface area contributed by atoms with Gasteiger partial charge in [-0.1, -0.05) is 19.4 Å². The lowest BCUT2D eigenvalue weighted by atomic mass is 9.40. The lowest BCUT2D eigenvalue weighted by Crippen LogP contribution is -2.68. The molecule has 1 unspecified atom stereocenters. The van der Waals surface area contributed by atoms with Crippen molar-refractivity contribution in [2.45, 2.75) is 194 Å². The Morgan fingerprint density at radius 3 is 1.56 bits per heavy atom. The van der Waals surface area contributed by atoms with Crippen LogP contribution in [0.4, 0.5) is 0 Å². The second kappa shape index (κ2) is 20.0. The number of carbonyl (C=O) groups excluding carboxylic acids is 1. The second-order valence-corrected chi connectivity index (χ2v) is 20.7. The Bertz CT molecular complexity index is 1790. The molecule has 0 aromatic rings. The van der Waals surface area contributed by atoms with Crippen LogP contribution in [0, 0.1) is 28.1 Å². The molecule has 4 saturated heterocycles. The maximum Gasteiger partial charge on any atom is 0.314 e. The normalized spacial score (nSPS) is 53.8. The molecule has 1 spiro atoms. The van der Waals surface area contributed by atoms with Crippen LogP contribution >= 0.6 is 0 Å². The van der Waals surface area contributed by atoms with Crippen molar-refractivity contribution in [1.82, 2.24) is 0 Å². The van der Waals surface area contributed by atoms with Crippen molar-refractivity contribution in [2.24, 2.45) is 28.1 Å². The van der Waals surface area contributed by atoms with Crippen molar-refractivity contribution in [1.29, 1.82) is 0 Å². The number of aliphatic hydroxyl groups excluding tert-OH is 15. The van der Waals surface area contributed by atoms with Crippen LogP contribution in [0.3, 0.4) is 0 Å². The van der Waals surface area contributed by atoms with E-state index in [4.69, 9.17) is 37.9 Å². The fraction of sp³-hybridized carbons (Fsp3) is 0.932. The Hall–Kier alpha value is -1.67. The third-order valence-electron chi connectivity index (χ3n) is 17.0. The molecule has 0 aromatic heterocycles. The summed E-state index contributed by atoms with van der Waals surface area (Å²) in [7, 11) is 0. The highest BCUT2D eigenvalue weighted by Gasteiger charge is 2.69. The summed E-state index contributed by atoms with van der Waals surface area (Å²) in [6, 6.07) is 0. The minimum atomic E-state index is -1.99. The summed E-state index contributed by atoms with van der Waals surface area (Å²) in [5.41, 5.74) is -3.10. The molecule has 8 aliphatic rings. The van der Waals surface area contributed by atoms with E-state index >= 15 is 0 Å². The Morgan fingerprint density at radius 1 is 0.559 bits per heavy atom. The Morgan fingerprint density at radius 2 is 1.03 bits per heavy atom. The molecule has 0 radical (unpaired) electrons. The molecule has 24 heteroatoms. The molecule has 7 fully saturated rings. The molecule has 390 valence electrons. The number of fused-ring (bicyclic) bond motifs is 3. The van der Waals surface area contributed by atoms with Crippen molar-refractivity contribution < 1.29 is 119 Å². The van der Waals surface area contributed by atoms with Crippen molar-refractivity contribution >= 4 is 5.97 Å². The van der Waals surface area contributed by atoms with E-state index in [-0.39, 0.29) is 24.7 Å². The third-order valence-corrected chi connectivity index (χ3v) is 17.0. The van der Waals surface area contributed by atoms with Gasteiger partial charge in [0.25, 0.3) is 0 Å². The van der Waals surface area contributed by atoms with E-state index in [0.29, 0.717) is 37.7 Å². The predicted molar refractivity (Wildman–Crippen MR) is 220 cm³/mol. The number of hydrogen-bond donors (Lipinski definition) is 15. The largest absolute Gasteiger partial charge is 0.432 e. The summed E-state index contributed by atoms with van der Waals surface area (Å²) in [6.45, 7) is 0.244. The van der Waals surface area contributed by atoms with Gasteiger partial charge < -0.3 is 114 Å². The van der Waals surface area contributed by atoms with Crippen molar-refractivity contribution in [3.05, 3.63) is 11.6 Å². The molecule has 4 aliphatic carbocycles. The Kier molecular flexibility index (Phi) is 15.5. The first-order valence-corrected chi connectivity index (χ1v) is 23.6. The minimum Gasteiger partial charge on any atom is -0.432 e. The van der Waals surface area contributed by atoms with Gasteiger partial charge in [0, 0.05) is 0 Å². The monoisotopic (exact) mass is 982 g/mol. The van der Waals surface area contributed by atoms with Gasteiger partial charge in [0.2, 0.25) is 6.29 Å². The number of allylic oxidation sites excluding steroid dienone is 1. The van der Waals surface area contributed by atoms with E-state index < -0.39 is 184 Å². The number of esters is 1. The molecule has 8 rings (SSSR count). The molecule has 68 heavy (non-hydrogen) atoms. The van der Waals surface area contributed by atoms with Crippen LogP contribution in [0.1, 0.15) is 65.2 Å². The lowest BCUT2D eigenvalue weighted by Gasteiger charge is -2.64. The fourth-order valence-corrected chi connectivity index (χ4v) is 13.4. The highest BCUT2D eigenvalue weighted by atomic mass is 16.8. The standard InChI is InChI=1S/C44H70O24/c1-41-6-3-7-42(2,40(60)67-38-33(59)30(56)26(52)20(14-48)63-38)22(41)4-8-43-10-17(11-45)44(16-43,9-5-23(41)43)68-39-35(66-37-32(58)29(55)25(51)19(13-47)62-37)34(27(53)21(15-49)64-39)65-36-31(57)28(54)24(50)18(12-46)61-36/h10,18-39,45-59H,3-9,11-16H2,1-2H3/t18-,19-,20-,21-,22-,23-,24-,25-,26-,27-,28+,29+,30+,31-,32-,33-,34+,35-,36+,37+,38+,39+,41+,42?,43+,44+/m1/s1. The van der Waals surface area contributed by atoms with E-state index in [1.54, 1.807) is 0 Å². The van der Waals surface area contributed by atoms with E-state index in [0.717, 1.165) is 6.42 Å². The molecule has 15 N–H and O–H groups in total. The van der Waals surface area contributed by atoms with Gasteiger partial charge in [-0.05, 0) is 80.1 Å². The summed E-state index contributed by atoms with van der Waals surface area (Å²) in [6.07, 6.45) is -29.0. The molecule has 0 amide bonds. The highest BCUT2D eigenvalue weighted by molar-refractivity contribution is 5.77. The minimum absolute atomic E-state index is 0.100. The average Bonchev–Trinajstić information content (AvgIpc) is 3.55. The first-order valence-electron chi connectivity index (χ1n) is 23.6. The van der Waals surface area contributed by atoms with E-state index in [1.807, 2.05) is 13.0 Å². The molecule has 0 aromatic carbocycles. The maximum absolute atomic E-state index is 14.3. The number of aliphatic hydroxyl groups is 15. The van der Waals surface area contributed by atoms with Crippen molar-refractivity contribution in [3.63, 3.8) is 0 Å². The smallest absolute Gasteiger partial charge is 0.314 e. The Balaban J connectivity index is 1.08. The van der Waals surface area contributed by atoms with Crippen molar-refractivity contribution in [2.75, 3.05) is 33.0 Å². The summed E-state index contributed by atoms with van der Waals surface area (Å²) in [4.78, 5) is 14.3. The van der Waals surface area contributed by atoms with Gasteiger partial charge in [-0.15, -0.1) is 0 Å². The fourth-order valence-electron chi connectivity index (χ4n) is 13.4. The van der Waals surface area contributed by atoms with E-state index in [1.165, 1.54) is 0 Å². The molecule has 2 bridgehead atoms. The highest BCUT2D eigenvalue weighted by Crippen LogP contribution is 2.72. The summed E-state index contributed by atoms with van der Waals surface area (Å²) >= 11 is 0. The third kappa shape index (κ3) is 8.69. The molecular formula is C44H70O24. The number of rotatable bonds is 13. The number of ether oxygens (including phenoxy) is 8. The van der Waals surface area contributed by atoms with Gasteiger partial charge in [-0.25, -0.2) is 0 Å². The second-order valence-electron chi connectivity index (χ2n) is 20.7. The lowest BCUT2D eigenvalue weighted by molar-refractivity contribution is -0.400. The van der Waals surface area contributed by atoms with Crippen LogP contribution in [0.5, 0.6) is 0 Å². The van der Waals surface area contributed by atoms with Gasteiger partial charge in [-0.3, -0.25) is 4.79 Å². The zero-order valence-corrected chi connectivity index (χ0v) is 37.9. The molecule has 4 heterocycles. The van der Waals surface area contributed by atoms with Crippen LogP contribution in [0.2, 0.25) is 0 Å². The molecule has 3 saturated carbocycles. The van der Waals surface area contributed by atoms with Gasteiger partial charge in [-0.2, -0.15) is 0 Å².